The Labute approximate surface area is 171 Å². The first kappa shape index (κ1) is 18.6. The molecule has 30 heavy (non-hydrogen) atoms. The number of phenols is 1. The van der Waals surface area contributed by atoms with Crippen LogP contribution in [-0.2, 0) is 0 Å². The number of benzene rings is 2. The molecule has 9 nitrogen and oxygen atoms in total. The first-order valence-electron chi connectivity index (χ1n) is 8.90. The smallest absolute Gasteiger partial charge is 0.211 e. The molecule has 146 valence electrons. The highest BCUT2D eigenvalue weighted by Crippen LogP contribution is 2.43. The van der Waals surface area contributed by atoms with Crippen molar-refractivity contribution in [1.29, 1.82) is 10.5 Å². The van der Waals surface area contributed by atoms with Gasteiger partial charge in [-0.1, -0.05) is 36.4 Å². The van der Waals surface area contributed by atoms with Crippen LogP contribution in [0.4, 0.5) is 17.3 Å². The predicted octanol–water partition coefficient (Wildman–Crippen LogP) is 2.43. The number of nitrogen functional groups attached to an aromatic ring is 2. The lowest BCUT2D eigenvalue weighted by molar-refractivity contribution is 0.475. The summed E-state index contributed by atoms with van der Waals surface area (Å²) < 4.78 is 0. The van der Waals surface area contributed by atoms with Crippen LogP contribution in [0.1, 0.15) is 22.7 Å². The van der Waals surface area contributed by atoms with Crippen molar-refractivity contribution in [3.8, 4) is 29.1 Å². The highest BCUT2D eigenvalue weighted by atomic mass is 16.3. The summed E-state index contributed by atoms with van der Waals surface area (Å²) in [6, 6.07) is 15.7. The molecule has 2 aromatic carbocycles. The van der Waals surface area contributed by atoms with Crippen molar-refractivity contribution in [3.05, 3.63) is 65.2 Å². The number of phenolic OH excluding ortho intramolecular Hbond substituents is 1. The molecule has 0 fully saturated rings. The zero-order chi connectivity index (χ0) is 21.3. The summed E-state index contributed by atoms with van der Waals surface area (Å²) in [6.07, 6.45) is 1.83. The summed E-state index contributed by atoms with van der Waals surface area (Å²) in [4.78, 5) is 8.87. The average Bonchev–Trinajstić information content (AvgIpc) is 2.74. The zero-order valence-corrected chi connectivity index (χ0v) is 15.6. The second-order valence-corrected chi connectivity index (χ2v) is 6.54. The number of hydrogen-bond donors (Lipinski definition) is 5. The molecule has 4 rings (SSSR count). The molecule has 0 bridgehead atoms. The van der Waals surface area contributed by atoms with Gasteiger partial charge in [0.15, 0.2) is 6.19 Å². The normalized spacial score (nSPS) is 14.5. The number of nitrogens with one attached hydrogen (secondary N) is 2. The van der Waals surface area contributed by atoms with Crippen LogP contribution in [-0.4, -0.2) is 16.1 Å². The molecule has 9 heteroatoms. The Morgan fingerprint density at radius 3 is 2.50 bits per heavy atom. The fourth-order valence-corrected chi connectivity index (χ4v) is 3.45. The van der Waals surface area contributed by atoms with E-state index in [0.717, 1.165) is 16.7 Å². The fourth-order valence-electron chi connectivity index (χ4n) is 3.45. The number of aromatic nitrogens is 1. The van der Waals surface area contributed by atoms with Gasteiger partial charge in [0, 0.05) is 5.56 Å². The van der Waals surface area contributed by atoms with Crippen LogP contribution in [0.5, 0.6) is 5.75 Å². The number of aliphatic imine (C=N–C) groups is 1. The maximum Gasteiger partial charge on any atom is 0.211 e. The number of guanidine groups is 1. The van der Waals surface area contributed by atoms with Gasteiger partial charge >= 0.3 is 0 Å². The molecule has 2 heterocycles. The summed E-state index contributed by atoms with van der Waals surface area (Å²) in [5.41, 5.74) is 15.4. The molecular weight excluding hydrogens is 380 g/mol. The maximum atomic E-state index is 9.63. The van der Waals surface area contributed by atoms with E-state index in [1.807, 2.05) is 36.5 Å². The maximum absolute atomic E-state index is 9.63. The van der Waals surface area contributed by atoms with Crippen molar-refractivity contribution in [2.45, 2.75) is 6.04 Å². The van der Waals surface area contributed by atoms with E-state index in [4.69, 9.17) is 16.7 Å². The Morgan fingerprint density at radius 2 is 1.80 bits per heavy atom. The Balaban J connectivity index is 1.97. The molecule has 1 aromatic heterocycles. The van der Waals surface area contributed by atoms with E-state index in [1.54, 1.807) is 24.3 Å². The van der Waals surface area contributed by atoms with Crippen molar-refractivity contribution in [3.63, 3.8) is 0 Å². The molecule has 3 aromatic rings. The fraction of sp³-hybridized carbons (Fsp3) is 0.0476. The third-order valence-corrected chi connectivity index (χ3v) is 4.79. The van der Waals surface area contributed by atoms with Crippen LogP contribution in [0.15, 0.2) is 53.5 Å². The minimum atomic E-state index is -0.651. The molecule has 0 saturated carbocycles. The molecular formula is C21H16N8O. The summed E-state index contributed by atoms with van der Waals surface area (Å²) in [5, 5.41) is 33.5. The van der Waals surface area contributed by atoms with E-state index < -0.39 is 6.04 Å². The molecule has 0 amide bonds. The number of nitrogens with two attached hydrogens (primary N) is 2. The summed E-state index contributed by atoms with van der Waals surface area (Å²) in [6.45, 7) is 0. The number of pyridine rings is 1. The number of nitriles is 2. The molecule has 1 aliphatic heterocycles. The van der Waals surface area contributed by atoms with Crippen LogP contribution in [0.25, 0.3) is 11.1 Å². The lowest BCUT2D eigenvalue weighted by Gasteiger charge is -2.27. The quantitative estimate of drug-likeness (QED) is 0.325. The number of fused-ring (bicyclic) bond motifs is 1. The Morgan fingerprint density at radius 1 is 1.07 bits per heavy atom. The second kappa shape index (κ2) is 7.34. The lowest BCUT2D eigenvalue weighted by atomic mass is 9.89. The summed E-state index contributed by atoms with van der Waals surface area (Å²) in [5.74, 6) is 0.656. The first-order chi connectivity index (χ1) is 14.5. The van der Waals surface area contributed by atoms with Crippen molar-refractivity contribution >= 4 is 23.3 Å². The van der Waals surface area contributed by atoms with Crippen molar-refractivity contribution in [2.75, 3.05) is 16.8 Å². The Kier molecular flexibility index (Phi) is 4.55. The first-order valence-corrected chi connectivity index (χ1v) is 8.90. The van der Waals surface area contributed by atoms with E-state index in [9.17, 15) is 10.4 Å². The van der Waals surface area contributed by atoms with Crippen LogP contribution < -0.4 is 22.1 Å². The van der Waals surface area contributed by atoms with Crippen molar-refractivity contribution in [1.82, 2.24) is 10.3 Å². The molecule has 0 saturated heterocycles. The monoisotopic (exact) mass is 396 g/mol. The molecule has 7 N–H and O–H groups in total. The van der Waals surface area contributed by atoms with Crippen LogP contribution >= 0.6 is 0 Å². The number of rotatable bonds is 2. The van der Waals surface area contributed by atoms with Gasteiger partial charge in [0.2, 0.25) is 5.96 Å². The van der Waals surface area contributed by atoms with Gasteiger partial charge in [-0.2, -0.15) is 10.5 Å². The SMILES string of the molecule is N#CNC1=NC(c2ccccc2-c2ccc(O)cc2)c2c(nc(N)c(C#N)c2N)N1. The van der Waals surface area contributed by atoms with Gasteiger partial charge in [-0.15, -0.1) is 0 Å². The van der Waals surface area contributed by atoms with Gasteiger partial charge < -0.3 is 21.9 Å². The van der Waals surface area contributed by atoms with E-state index in [1.165, 1.54) is 0 Å². The van der Waals surface area contributed by atoms with E-state index >= 15 is 0 Å². The van der Waals surface area contributed by atoms with Gasteiger partial charge in [0.1, 0.15) is 35.1 Å². The van der Waals surface area contributed by atoms with Gasteiger partial charge in [0.25, 0.3) is 0 Å². The number of aromatic hydroxyl groups is 1. The molecule has 1 aliphatic rings. The third-order valence-electron chi connectivity index (χ3n) is 4.79. The highest BCUT2D eigenvalue weighted by molar-refractivity contribution is 5.98. The minimum absolute atomic E-state index is 0.00923. The Bertz CT molecular complexity index is 1250. The molecule has 1 unspecified atom stereocenters. The molecule has 0 aliphatic carbocycles. The lowest BCUT2D eigenvalue weighted by Crippen LogP contribution is -2.32. The summed E-state index contributed by atoms with van der Waals surface area (Å²) >= 11 is 0. The average molecular weight is 396 g/mol. The van der Waals surface area contributed by atoms with Crippen LogP contribution in [0.2, 0.25) is 0 Å². The largest absolute Gasteiger partial charge is 0.508 e. The summed E-state index contributed by atoms with van der Waals surface area (Å²) in [7, 11) is 0. The van der Waals surface area contributed by atoms with E-state index in [2.05, 4.69) is 20.6 Å². The predicted molar refractivity (Wildman–Crippen MR) is 113 cm³/mol. The van der Waals surface area contributed by atoms with Crippen molar-refractivity contribution < 1.29 is 5.11 Å². The van der Waals surface area contributed by atoms with Crippen LogP contribution in [0, 0.1) is 22.8 Å². The third kappa shape index (κ3) is 3.07. The highest BCUT2D eigenvalue weighted by Gasteiger charge is 2.31. The standard InChI is InChI=1S/C21H16N8O/c22-9-15-17(24)16-18(27-21(26-10-23)29-20(16)28-19(15)25)14-4-2-1-3-13(14)11-5-7-12(30)8-6-11/h1-8,18,30H,(H6,24,25,26,27,28,29). The minimum Gasteiger partial charge on any atom is -0.508 e. The van der Waals surface area contributed by atoms with Gasteiger partial charge in [0.05, 0.1) is 5.69 Å². The van der Waals surface area contributed by atoms with Gasteiger partial charge in [-0.05, 0) is 28.8 Å². The Hall–Kier alpha value is -4.76. The topological polar surface area (TPSA) is 169 Å². The second-order valence-electron chi connectivity index (χ2n) is 6.54. The van der Waals surface area contributed by atoms with Crippen LogP contribution in [0.3, 0.4) is 0 Å². The van der Waals surface area contributed by atoms with Gasteiger partial charge in [-0.3, -0.25) is 5.32 Å². The number of hydrogen-bond acceptors (Lipinski definition) is 9. The van der Waals surface area contributed by atoms with Crippen molar-refractivity contribution in [2.24, 2.45) is 4.99 Å². The number of anilines is 3. The molecule has 0 radical (unpaired) electrons. The molecule has 1 atom stereocenters. The zero-order valence-electron chi connectivity index (χ0n) is 15.6. The van der Waals surface area contributed by atoms with E-state index in [-0.39, 0.29) is 28.8 Å². The number of nitrogens with zero attached hydrogens (tertiary/aromatic N) is 4. The van der Waals surface area contributed by atoms with Gasteiger partial charge in [-0.25, -0.2) is 9.98 Å². The molecule has 0 spiro atoms. The van der Waals surface area contributed by atoms with E-state index in [0.29, 0.717) is 11.4 Å².